The monoisotopic (exact) mass is 657 g/mol. The first kappa shape index (κ1) is 35.6. The standard InChI is InChI=1S/C36H59N5O6/c1-33(2,3)47-21-36(17-11-8-12-18-36)40-32(46)39-28(35(6)15-9-7-10-16-35)31(45)41-20-23-25(34(23,4)5)26(41)30(44)38-24(19-22-13-14-22)27(42)29(37)43/h22-26,28H,7-21H2,1-6H3,(H2,37,43)(H,38,44)(H2,39,40,46)/t23-,24?,25-,26-,28+/m0/s1. The number of carbonyl (C=O) groups excluding carboxylic acids is 5. The van der Waals surface area contributed by atoms with E-state index < -0.39 is 46.7 Å². The van der Waals surface area contributed by atoms with E-state index in [4.69, 9.17) is 10.5 Å². The van der Waals surface area contributed by atoms with Gasteiger partial charge in [0, 0.05) is 6.54 Å². The highest BCUT2D eigenvalue weighted by atomic mass is 16.5. The molecule has 5 amide bonds. The molecule has 0 radical (unpaired) electrons. The molecule has 0 aromatic carbocycles. The first-order valence-electron chi connectivity index (χ1n) is 18.1. The van der Waals surface area contributed by atoms with Gasteiger partial charge in [0.05, 0.1) is 23.8 Å². The lowest BCUT2D eigenvalue weighted by atomic mass is 9.70. The largest absolute Gasteiger partial charge is 0.373 e. The summed E-state index contributed by atoms with van der Waals surface area (Å²) in [5, 5.41) is 9.26. The number of nitrogens with one attached hydrogen (secondary N) is 3. The third-order valence-electron chi connectivity index (χ3n) is 12.1. The number of Topliss-reactive ketones (excluding diaryl/α,β-unsaturated/α-hetero) is 1. The number of nitrogens with zero attached hydrogens (tertiary/aromatic N) is 1. The van der Waals surface area contributed by atoms with Gasteiger partial charge in [-0.15, -0.1) is 0 Å². The Labute approximate surface area is 280 Å². The van der Waals surface area contributed by atoms with Crippen molar-refractivity contribution in [1.82, 2.24) is 20.9 Å². The van der Waals surface area contributed by atoms with Crippen molar-refractivity contribution in [3.05, 3.63) is 0 Å². The minimum absolute atomic E-state index is 0.0783. The molecule has 1 heterocycles. The number of ether oxygens (including phenoxy) is 1. The molecule has 0 spiro atoms. The molecule has 5 rings (SSSR count). The number of ketones is 1. The zero-order valence-electron chi connectivity index (χ0n) is 29.5. The Morgan fingerprint density at radius 3 is 2.04 bits per heavy atom. The van der Waals surface area contributed by atoms with Crippen molar-refractivity contribution in [3.63, 3.8) is 0 Å². The normalized spacial score (nSPS) is 28.7. The third kappa shape index (κ3) is 7.97. The molecule has 4 saturated carbocycles. The number of hydrogen-bond donors (Lipinski definition) is 4. The lowest BCUT2D eigenvalue weighted by Crippen LogP contribution is -2.64. The molecule has 1 aliphatic heterocycles. The molecule has 264 valence electrons. The summed E-state index contributed by atoms with van der Waals surface area (Å²) in [7, 11) is 0. The zero-order chi connectivity index (χ0) is 34.4. The van der Waals surface area contributed by atoms with Crippen LogP contribution in [0.3, 0.4) is 0 Å². The molecule has 5 atom stereocenters. The number of carbonyl (C=O) groups is 5. The van der Waals surface area contributed by atoms with Crippen LogP contribution in [-0.2, 0) is 23.9 Å². The molecule has 5 aliphatic rings. The quantitative estimate of drug-likeness (QED) is 0.233. The van der Waals surface area contributed by atoms with Gasteiger partial charge in [-0.1, -0.05) is 72.1 Å². The van der Waals surface area contributed by atoms with Crippen LogP contribution in [0.25, 0.3) is 0 Å². The fourth-order valence-electron chi connectivity index (χ4n) is 8.81. The van der Waals surface area contributed by atoms with Crippen LogP contribution in [0, 0.1) is 28.6 Å². The number of amides is 5. The lowest BCUT2D eigenvalue weighted by Gasteiger charge is -2.44. The summed E-state index contributed by atoms with van der Waals surface area (Å²) in [6.07, 6.45) is 11.6. The average Bonchev–Trinajstić information content (AvgIpc) is 3.86. The zero-order valence-corrected chi connectivity index (χ0v) is 29.5. The van der Waals surface area contributed by atoms with Gasteiger partial charge in [-0.25, -0.2) is 4.79 Å². The summed E-state index contributed by atoms with van der Waals surface area (Å²) < 4.78 is 6.20. The SMILES string of the molecule is CC(C)(C)OCC1(NC(=O)N[C@H](C(=O)N2C[C@H]3[C@@H]([C@H]2C(=O)NC(CC2CC2)C(=O)C(N)=O)C3(C)C)C2(C)CCCCC2)CCCCC1. The van der Waals surface area contributed by atoms with E-state index in [0.717, 1.165) is 77.0 Å². The number of piperidine rings is 1. The van der Waals surface area contributed by atoms with Gasteiger partial charge in [0.15, 0.2) is 0 Å². The molecule has 0 aromatic heterocycles. The molecular formula is C36H59N5O6. The van der Waals surface area contributed by atoms with E-state index in [9.17, 15) is 24.0 Å². The maximum Gasteiger partial charge on any atom is 0.315 e. The highest BCUT2D eigenvalue weighted by molar-refractivity contribution is 6.37. The number of hydrogen-bond acceptors (Lipinski definition) is 6. The van der Waals surface area contributed by atoms with Crippen LogP contribution in [0.5, 0.6) is 0 Å². The third-order valence-corrected chi connectivity index (χ3v) is 12.1. The van der Waals surface area contributed by atoms with Crippen molar-refractivity contribution in [1.29, 1.82) is 0 Å². The minimum atomic E-state index is -1.07. The fourth-order valence-corrected chi connectivity index (χ4v) is 8.81. The molecule has 0 aromatic rings. The molecule has 1 saturated heterocycles. The van der Waals surface area contributed by atoms with Crippen LogP contribution in [0.2, 0.25) is 0 Å². The second kappa shape index (κ2) is 13.3. The molecule has 11 nitrogen and oxygen atoms in total. The smallest absolute Gasteiger partial charge is 0.315 e. The van der Waals surface area contributed by atoms with E-state index in [0.29, 0.717) is 19.6 Å². The van der Waals surface area contributed by atoms with Gasteiger partial charge in [-0.2, -0.15) is 0 Å². The highest BCUT2D eigenvalue weighted by Crippen LogP contribution is 2.65. The Kier molecular flexibility index (Phi) is 10.1. The maximum absolute atomic E-state index is 14.8. The van der Waals surface area contributed by atoms with Crippen LogP contribution in [0.1, 0.15) is 125 Å². The summed E-state index contributed by atoms with van der Waals surface area (Å²) in [5.41, 5.74) is 3.87. The summed E-state index contributed by atoms with van der Waals surface area (Å²) in [6, 6.07) is -2.99. The van der Waals surface area contributed by atoms with Gasteiger partial charge in [0.1, 0.15) is 12.1 Å². The Morgan fingerprint density at radius 2 is 1.49 bits per heavy atom. The van der Waals surface area contributed by atoms with Crippen molar-refractivity contribution >= 4 is 29.5 Å². The molecule has 0 bridgehead atoms. The Hall–Kier alpha value is -2.69. The summed E-state index contributed by atoms with van der Waals surface area (Å²) >= 11 is 0. The number of rotatable bonds is 12. The first-order chi connectivity index (χ1) is 22.0. The van der Waals surface area contributed by atoms with Crippen molar-refractivity contribution in [2.24, 2.45) is 34.3 Å². The number of fused-ring (bicyclic) bond motifs is 1. The van der Waals surface area contributed by atoms with Crippen molar-refractivity contribution < 1.29 is 28.7 Å². The Balaban J connectivity index is 1.38. The second-order valence-electron chi connectivity index (χ2n) is 17.3. The van der Waals surface area contributed by atoms with E-state index in [1.54, 1.807) is 4.90 Å². The van der Waals surface area contributed by atoms with E-state index in [2.05, 4.69) is 36.7 Å². The summed E-state index contributed by atoms with van der Waals surface area (Å²) in [4.78, 5) is 69.0. The summed E-state index contributed by atoms with van der Waals surface area (Å²) in [6.45, 7) is 13.1. The molecule has 47 heavy (non-hydrogen) atoms. The van der Waals surface area contributed by atoms with E-state index in [1.165, 1.54) is 0 Å². The van der Waals surface area contributed by atoms with Crippen LogP contribution in [0.15, 0.2) is 0 Å². The van der Waals surface area contributed by atoms with Crippen molar-refractivity contribution in [2.75, 3.05) is 13.2 Å². The van der Waals surface area contributed by atoms with Crippen LogP contribution in [-0.4, -0.2) is 76.9 Å². The second-order valence-corrected chi connectivity index (χ2v) is 17.3. The topological polar surface area (TPSA) is 160 Å². The van der Waals surface area contributed by atoms with E-state index >= 15 is 0 Å². The summed E-state index contributed by atoms with van der Waals surface area (Å²) in [5.74, 6) is -2.22. The fraction of sp³-hybridized carbons (Fsp3) is 0.861. The van der Waals surface area contributed by atoms with Gasteiger partial charge in [0.2, 0.25) is 17.6 Å². The predicted octanol–water partition coefficient (Wildman–Crippen LogP) is 3.96. The van der Waals surface area contributed by atoms with Gasteiger partial charge < -0.3 is 31.3 Å². The molecule has 11 heteroatoms. The van der Waals surface area contributed by atoms with Crippen molar-refractivity contribution in [3.8, 4) is 0 Å². The molecule has 5 N–H and O–H groups in total. The molecule has 5 fully saturated rings. The van der Waals surface area contributed by atoms with E-state index in [-0.39, 0.29) is 40.7 Å². The number of nitrogens with two attached hydrogens (primary N) is 1. The van der Waals surface area contributed by atoms with Crippen LogP contribution in [0.4, 0.5) is 4.79 Å². The minimum Gasteiger partial charge on any atom is -0.373 e. The van der Waals surface area contributed by atoms with Crippen molar-refractivity contribution in [2.45, 2.75) is 154 Å². The van der Waals surface area contributed by atoms with Crippen LogP contribution < -0.4 is 21.7 Å². The maximum atomic E-state index is 14.8. The van der Waals surface area contributed by atoms with E-state index in [1.807, 2.05) is 20.8 Å². The molecule has 4 aliphatic carbocycles. The average molecular weight is 658 g/mol. The predicted molar refractivity (Wildman–Crippen MR) is 178 cm³/mol. The van der Waals surface area contributed by atoms with Gasteiger partial charge in [-0.3, -0.25) is 19.2 Å². The molecule has 1 unspecified atom stereocenters. The number of likely N-dealkylation sites (tertiary alicyclic amines) is 1. The van der Waals surface area contributed by atoms with Crippen LogP contribution >= 0.6 is 0 Å². The Bertz CT molecular complexity index is 1230. The van der Waals surface area contributed by atoms with Gasteiger partial charge >= 0.3 is 6.03 Å². The molecular weight excluding hydrogens is 598 g/mol. The number of urea groups is 1. The Morgan fingerprint density at radius 1 is 0.894 bits per heavy atom. The highest BCUT2D eigenvalue weighted by Gasteiger charge is 2.70. The van der Waals surface area contributed by atoms with Gasteiger partial charge in [-0.05, 0) is 81.5 Å². The first-order valence-corrected chi connectivity index (χ1v) is 18.1. The number of primary amides is 1. The lowest BCUT2D eigenvalue weighted by molar-refractivity contribution is -0.146. The van der Waals surface area contributed by atoms with Gasteiger partial charge in [0.25, 0.3) is 5.91 Å².